The van der Waals surface area contributed by atoms with Crippen molar-refractivity contribution < 1.29 is 9.90 Å². The summed E-state index contributed by atoms with van der Waals surface area (Å²) >= 11 is 0. The number of rotatable bonds is 7. The van der Waals surface area contributed by atoms with Crippen LogP contribution in [0.2, 0.25) is 0 Å². The smallest absolute Gasteiger partial charge is 0.269 e. The van der Waals surface area contributed by atoms with Crippen LogP contribution in [-0.4, -0.2) is 65.1 Å². The molecule has 2 heterocycles. The fourth-order valence-electron chi connectivity index (χ4n) is 3.87. The molecule has 0 spiro atoms. The zero-order valence-electron chi connectivity index (χ0n) is 17.1. The van der Waals surface area contributed by atoms with Crippen LogP contribution < -0.4 is 5.32 Å². The predicted octanol–water partition coefficient (Wildman–Crippen LogP) is 2.88. The van der Waals surface area contributed by atoms with E-state index in [-0.39, 0.29) is 11.7 Å². The van der Waals surface area contributed by atoms with Crippen LogP contribution >= 0.6 is 0 Å². The van der Waals surface area contributed by atoms with Gasteiger partial charge >= 0.3 is 0 Å². The van der Waals surface area contributed by atoms with Crippen LogP contribution in [0, 0.1) is 0 Å². The molecule has 0 aliphatic carbocycles. The minimum Gasteiger partial charge on any atom is -0.506 e. The Morgan fingerprint density at radius 2 is 1.70 bits per heavy atom. The van der Waals surface area contributed by atoms with E-state index in [2.05, 4.69) is 50.4 Å². The number of phenolic OH excluding ortho intramolecular Hbond substituents is 1. The number of pyridine rings is 1. The number of nitrogens with one attached hydrogen (secondary N) is 1. The third-order valence-corrected chi connectivity index (χ3v) is 5.58. The maximum absolute atomic E-state index is 12.4. The van der Waals surface area contributed by atoms with Crippen molar-refractivity contribution in [2.75, 3.05) is 39.3 Å². The van der Waals surface area contributed by atoms with Crippen molar-refractivity contribution in [1.29, 1.82) is 0 Å². The molecule has 4 rings (SSSR count). The summed E-state index contributed by atoms with van der Waals surface area (Å²) in [6.45, 7) is 6.88. The highest BCUT2D eigenvalue weighted by Gasteiger charge is 2.16. The van der Waals surface area contributed by atoms with Gasteiger partial charge in [0.25, 0.3) is 5.91 Å². The maximum atomic E-state index is 12.4. The second-order valence-electron chi connectivity index (χ2n) is 7.76. The average molecular weight is 405 g/mol. The van der Waals surface area contributed by atoms with E-state index in [1.807, 2.05) is 12.1 Å². The van der Waals surface area contributed by atoms with Gasteiger partial charge in [-0.2, -0.15) is 0 Å². The van der Waals surface area contributed by atoms with Crippen molar-refractivity contribution in [1.82, 2.24) is 20.1 Å². The summed E-state index contributed by atoms with van der Waals surface area (Å²) in [5.41, 5.74) is 2.15. The summed E-state index contributed by atoms with van der Waals surface area (Å²) in [7, 11) is 0. The summed E-state index contributed by atoms with van der Waals surface area (Å²) in [5.74, 6) is -0.110. The number of hydrogen-bond donors (Lipinski definition) is 2. The quantitative estimate of drug-likeness (QED) is 0.593. The molecule has 0 radical (unpaired) electrons. The van der Waals surface area contributed by atoms with Crippen molar-refractivity contribution in [2.45, 2.75) is 13.0 Å². The van der Waals surface area contributed by atoms with Gasteiger partial charge in [-0.15, -0.1) is 0 Å². The molecule has 6 heteroatoms. The van der Waals surface area contributed by atoms with Gasteiger partial charge in [-0.25, -0.2) is 4.98 Å². The lowest BCUT2D eigenvalue weighted by atomic mass is 10.2. The highest BCUT2D eigenvalue weighted by molar-refractivity contribution is 5.95. The SMILES string of the molecule is O=C(NCCCN1CCN(Cc2ccccc2)CC1)c1ccc2cccc(O)c2n1. The van der Waals surface area contributed by atoms with Crippen LogP contribution in [0.25, 0.3) is 10.9 Å². The molecule has 1 saturated heterocycles. The Morgan fingerprint density at radius 3 is 2.50 bits per heavy atom. The van der Waals surface area contributed by atoms with Gasteiger partial charge in [0.05, 0.1) is 0 Å². The van der Waals surface area contributed by atoms with Crippen LogP contribution in [0.15, 0.2) is 60.7 Å². The van der Waals surface area contributed by atoms with Crippen molar-refractivity contribution in [3.63, 3.8) is 0 Å². The molecular formula is C24H28N4O2. The van der Waals surface area contributed by atoms with Crippen LogP contribution in [0.3, 0.4) is 0 Å². The summed E-state index contributed by atoms with van der Waals surface area (Å²) in [6.07, 6.45) is 0.906. The molecule has 1 aliphatic heterocycles. The van der Waals surface area contributed by atoms with Crippen LogP contribution in [-0.2, 0) is 6.54 Å². The van der Waals surface area contributed by atoms with Gasteiger partial charge in [-0.3, -0.25) is 9.69 Å². The lowest BCUT2D eigenvalue weighted by Crippen LogP contribution is -2.46. The molecule has 0 saturated carbocycles. The zero-order chi connectivity index (χ0) is 20.8. The Kier molecular flexibility index (Phi) is 6.57. The van der Waals surface area contributed by atoms with E-state index in [1.54, 1.807) is 18.2 Å². The Balaban J connectivity index is 1.18. The number of para-hydroxylation sites is 1. The molecule has 6 nitrogen and oxygen atoms in total. The first kappa shape index (κ1) is 20.3. The van der Waals surface area contributed by atoms with Gasteiger partial charge in [0.15, 0.2) is 0 Å². The molecule has 1 fully saturated rings. The molecule has 1 amide bonds. The highest BCUT2D eigenvalue weighted by Crippen LogP contribution is 2.22. The van der Waals surface area contributed by atoms with E-state index in [4.69, 9.17) is 0 Å². The van der Waals surface area contributed by atoms with Gasteiger partial charge in [-0.05, 0) is 30.7 Å². The highest BCUT2D eigenvalue weighted by atomic mass is 16.3. The zero-order valence-corrected chi connectivity index (χ0v) is 17.1. The number of carbonyl (C=O) groups excluding carboxylic acids is 1. The number of nitrogens with zero attached hydrogens (tertiary/aromatic N) is 3. The number of aromatic nitrogens is 1. The molecule has 3 aromatic rings. The molecule has 2 N–H and O–H groups in total. The van der Waals surface area contributed by atoms with Crippen molar-refractivity contribution in [3.8, 4) is 5.75 Å². The molecule has 0 atom stereocenters. The van der Waals surface area contributed by atoms with Crippen LogP contribution in [0.5, 0.6) is 5.75 Å². The minimum absolute atomic E-state index is 0.0913. The van der Waals surface area contributed by atoms with E-state index in [1.165, 1.54) is 5.56 Å². The average Bonchev–Trinajstić information content (AvgIpc) is 2.78. The molecule has 2 aromatic carbocycles. The number of amides is 1. The first-order valence-electron chi connectivity index (χ1n) is 10.5. The van der Waals surface area contributed by atoms with Crippen LogP contribution in [0.4, 0.5) is 0 Å². The molecule has 0 unspecified atom stereocenters. The van der Waals surface area contributed by atoms with Gasteiger partial charge in [-0.1, -0.05) is 48.5 Å². The fourth-order valence-corrected chi connectivity index (χ4v) is 3.87. The monoisotopic (exact) mass is 404 g/mol. The Morgan fingerprint density at radius 1 is 0.933 bits per heavy atom. The van der Waals surface area contributed by atoms with Gasteiger partial charge in [0.2, 0.25) is 0 Å². The molecule has 1 aromatic heterocycles. The predicted molar refractivity (Wildman–Crippen MR) is 119 cm³/mol. The molecule has 156 valence electrons. The third kappa shape index (κ3) is 5.14. The first-order valence-corrected chi connectivity index (χ1v) is 10.5. The molecule has 30 heavy (non-hydrogen) atoms. The number of benzene rings is 2. The van der Waals surface area contributed by atoms with E-state index in [0.717, 1.165) is 51.1 Å². The topological polar surface area (TPSA) is 68.7 Å². The van der Waals surface area contributed by atoms with Crippen molar-refractivity contribution >= 4 is 16.8 Å². The fraction of sp³-hybridized carbons (Fsp3) is 0.333. The minimum atomic E-state index is -0.201. The van der Waals surface area contributed by atoms with Crippen molar-refractivity contribution in [3.05, 3.63) is 71.9 Å². The number of phenols is 1. The summed E-state index contributed by atoms with van der Waals surface area (Å²) in [4.78, 5) is 21.7. The Hall–Kier alpha value is -2.96. The molecular weight excluding hydrogens is 376 g/mol. The number of fused-ring (bicyclic) bond motifs is 1. The lowest BCUT2D eigenvalue weighted by molar-refractivity contribution is 0.0942. The molecule has 1 aliphatic rings. The van der Waals surface area contributed by atoms with Gasteiger partial charge < -0.3 is 15.3 Å². The maximum Gasteiger partial charge on any atom is 0.269 e. The van der Waals surface area contributed by atoms with Gasteiger partial charge in [0.1, 0.15) is 17.0 Å². The van der Waals surface area contributed by atoms with E-state index in [0.29, 0.717) is 17.8 Å². The van der Waals surface area contributed by atoms with E-state index in [9.17, 15) is 9.90 Å². The summed E-state index contributed by atoms with van der Waals surface area (Å²) in [6, 6.07) is 19.3. The normalized spacial score (nSPS) is 15.3. The largest absolute Gasteiger partial charge is 0.506 e. The second-order valence-corrected chi connectivity index (χ2v) is 7.76. The Labute approximate surface area is 177 Å². The number of piperazine rings is 1. The standard InChI is InChI=1S/C24H28N4O2/c29-22-9-4-8-20-10-11-21(26-23(20)22)24(30)25-12-5-13-27-14-16-28(17-15-27)18-19-6-2-1-3-7-19/h1-4,6-11,29H,5,12-18H2,(H,25,30). The second kappa shape index (κ2) is 9.69. The summed E-state index contributed by atoms with van der Waals surface area (Å²) < 4.78 is 0. The summed E-state index contributed by atoms with van der Waals surface area (Å²) in [5, 5.41) is 13.7. The third-order valence-electron chi connectivity index (χ3n) is 5.58. The molecule has 0 bridgehead atoms. The van der Waals surface area contributed by atoms with E-state index >= 15 is 0 Å². The van der Waals surface area contributed by atoms with E-state index < -0.39 is 0 Å². The lowest BCUT2D eigenvalue weighted by Gasteiger charge is -2.34. The number of aromatic hydroxyl groups is 1. The number of carbonyl (C=O) groups is 1. The van der Waals surface area contributed by atoms with Crippen LogP contribution in [0.1, 0.15) is 22.5 Å². The number of hydrogen-bond acceptors (Lipinski definition) is 5. The van der Waals surface area contributed by atoms with Crippen molar-refractivity contribution in [2.24, 2.45) is 0 Å². The first-order chi connectivity index (χ1) is 14.7. The van der Waals surface area contributed by atoms with Gasteiger partial charge in [0, 0.05) is 44.7 Å². The Bertz CT molecular complexity index is 985.